The molecule has 4 nitrogen and oxygen atoms in total. The molecular formula is C24H16FNO3S. The van der Waals surface area contributed by atoms with Gasteiger partial charge in [-0.05, 0) is 48.0 Å². The van der Waals surface area contributed by atoms with E-state index in [1.165, 1.54) is 12.1 Å². The van der Waals surface area contributed by atoms with Crippen molar-refractivity contribution in [2.24, 2.45) is 0 Å². The molecule has 1 aromatic heterocycles. The van der Waals surface area contributed by atoms with E-state index in [9.17, 15) is 14.3 Å². The molecule has 0 bridgehead atoms. The molecule has 1 atom stereocenters. The third-order valence-electron chi connectivity index (χ3n) is 4.98. The predicted octanol–water partition coefficient (Wildman–Crippen LogP) is 5.94. The Kier molecular flexibility index (Phi) is 4.56. The number of hydrogen-bond acceptors (Lipinski definition) is 5. The van der Waals surface area contributed by atoms with Crippen molar-refractivity contribution in [1.82, 2.24) is 0 Å². The van der Waals surface area contributed by atoms with Gasteiger partial charge < -0.3 is 14.8 Å². The number of halogens is 1. The van der Waals surface area contributed by atoms with Gasteiger partial charge in [-0.1, -0.05) is 36.4 Å². The molecule has 0 fully saturated rings. The molecule has 1 aliphatic heterocycles. The number of fused-ring (bicyclic) bond motifs is 2. The second kappa shape index (κ2) is 7.39. The second-order valence-electron chi connectivity index (χ2n) is 6.90. The van der Waals surface area contributed by atoms with E-state index < -0.39 is 5.63 Å². The molecule has 3 aromatic carbocycles. The topological polar surface area (TPSA) is 62.5 Å². The first-order chi connectivity index (χ1) is 14.6. The van der Waals surface area contributed by atoms with E-state index in [0.29, 0.717) is 16.7 Å². The number of aromatic hydroxyl groups is 1. The van der Waals surface area contributed by atoms with Gasteiger partial charge in [0.05, 0.1) is 22.0 Å². The Morgan fingerprint density at radius 3 is 2.53 bits per heavy atom. The molecule has 0 spiro atoms. The molecule has 1 aliphatic rings. The van der Waals surface area contributed by atoms with Gasteiger partial charge in [0.1, 0.15) is 22.7 Å². The molecule has 2 N–H and O–H groups in total. The van der Waals surface area contributed by atoms with E-state index >= 15 is 0 Å². The van der Waals surface area contributed by atoms with Crippen LogP contribution in [0.2, 0.25) is 0 Å². The number of rotatable bonds is 2. The van der Waals surface area contributed by atoms with Crippen LogP contribution in [0.3, 0.4) is 0 Å². The second-order valence-corrected chi connectivity index (χ2v) is 8.08. The lowest BCUT2D eigenvalue weighted by molar-refractivity contribution is 0.465. The van der Waals surface area contributed by atoms with E-state index in [4.69, 9.17) is 4.42 Å². The zero-order chi connectivity index (χ0) is 20.7. The van der Waals surface area contributed by atoms with Gasteiger partial charge in [0, 0.05) is 4.90 Å². The summed E-state index contributed by atoms with van der Waals surface area (Å²) >= 11 is 1.57. The normalized spacial score (nSPS) is 15.8. The highest BCUT2D eigenvalue weighted by Gasteiger charge is 2.24. The molecule has 0 saturated heterocycles. The SMILES string of the molecule is O=c1oc2ccccc2c(O)c1C1=CC(c2ccc(F)cc2)Sc2ccccc2N1. The van der Waals surface area contributed by atoms with Crippen LogP contribution >= 0.6 is 11.8 Å². The minimum Gasteiger partial charge on any atom is -0.506 e. The van der Waals surface area contributed by atoms with Crippen molar-refractivity contribution in [2.75, 3.05) is 5.32 Å². The Morgan fingerprint density at radius 2 is 1.70 bits per heavy atom. The van der Waals surface area contributed by atoms with Crippen molar-refractivity contribution in [3.8, 4) is 5.75 Å². The lowest BCUT2D eigenvalue weighted by Gasteiger charge is -2.13. The van der Waals surface area contributed by atoms with Crippen LogP contribution in [0.15, 0.2) is 93.0 Å². The highest BCUT2D eigenvalue weighted by Crippen LogP contribution is 2.45. The maximum Gasteiger partial charge on any atom is 0.349 e. The minimum absolute atomic E-state index is 0.0677. The van der Waals surface area contributed by atoms with Crippen LogP contribution in [-0.4, -0.2) is 5.11 Å². The first-order valence-electron chi connectivity index (χ1n) is 9.35. The maximum atomic E-state index is 13.4. The fourth-order valence-corrected chi connectivity index (χ4v) is 4.69. The molecule has 4 aromatic rings. The molecule has 6 heteroatoms. The van der Waals surface area contributed by atoms with Gasteiger partial charge in [-0.3, -0.25) is 0 Å². The molecule has 0 amide bonds. The zero-order valence-corrected chi connectivity index (χ0v) is 16.4. The van der Waals surface area contributed by atoms with Gasteiger partial charge in [0.2, 0.25) is 0 Å². The fourth-order valence-electron chi connectivity index (χ4n) is 3.52. The molecule has 148 valence electrons. The largest absolute Gasteiger partial charge is 0.506 e. The van der Waals surface area contributed by atoms with Gasteiger partial charge in [-0.2, -0.15) is 0 Å². The Bertz CT molecular complexity index is 1340. The summed E-state index contributed by atoms with van der Waals surface area (Å²) in [7, 11) is 0. The highest BCUT2D eigenvalue weighted by molar-refractivity contribution is 7.99. The van der Waals surface area contributed by atoms with E-state index in [2.05, 4.69) is 5.32 Å². The minimum atomic E-state index is -0.632. The summed E-state index contributed by atoms with van der Waals surface area (Å²) in [6, 6.07) is 20.8. The van der Waals surface area contributed by atoms with Gasteiger partial charge in [0.15, 0.2) is 0 Å². The summed E-state index contributed by atoms with van der Waals surface area (Å²) in [6.07, 6.45) is 1.86. The van der Waals surface area contributed by atoms with Crippen LogP contribution in [0.25, 0.3) is 16.7 Å². The summed E-state index contributed by atoms with van der Waals surface area (Å²) in [5.74, 6) is -0.448. The predicted molar refractivity (Wildman–Crippen MR) is 117 cm³/mol. The Balaban J connectivity index is 1.72. The van der Waals surface area contributed by atoms with Crippen LogP contribution in [0.4, 0.5) is 10.1 Å². The monoisotopic (exact) mass is 417 g/mol. The average Bonchev–Trinajstić information content (AvgIpc) is 2.94. The van der Waals surface area contributed by atoms with Crippen molar-refractivity contribution >= 4 is 34.1 Å². The summed E-state index contributed by atoms with van der Waals surface area (Å²) in [4.78, 5) is 13.8. The van der Waals surface area contributed by atoms with Crippen molar-refractivity contribution in [1.29, 1.82) is 0 Å². The first-order valence-corrected chi connectivity index (χ1v) is 10.2. The molecule has 1 unspecified atom stereocenters. The summed E-state index contributed by atoms with van der Waals surface area (Å²) in [5, 5.41) is 14.4. The Morgan fingerprint density at radius 1 is 0.967 bits per heavy atom. The smallest absolute Gasteiger partial charge is 0.349 e. The number of para-hydroxylation sites is 2. The van der Waals surface area contributed by atoms with Gasteiger partial charge in [0.25, 0.3) is 0 Å². The standard InChI is InChI=1S/C24H16FNO3S/c25-15-11-9-14(10-12-15)21-13-18(26-17-6-2-4-8-20(17)30-21)22-23(27)16-5-1-3-7-19(16)29-24(22)28/h1-13,21,26-27H. The fraction of sp³-hybridized carbons (Fsp3) is 0.0417. The lowest BCUT2D eigenvalue weighted by atomic mass is 10.1. The van der Waals surface area contributed by atoms with Crippen molar-refractivity contribution in [3.63, 3.8) is 0 Å². The van der Waals surface area contributed by atoms with Gasteiger partial charge >= 0.3 is 5.63 Å². The third-order valence-corrected chi connectivity index (χ3v) is 6.25. The Labute approximate surface area is 175 Å². The van der Waals surface area contributed by atoms with Crippen LogP contribution in [0.5, 0.6) is 5.75 Å². The number of nitrogens with one attached hydrogen (secondary N) is 1. The molecule has 0 radical (unpaired) electrons. The summed E-state index contributed by atoms with van der Waals surface area (Å²) in [6.45, 7) is 0. The van der Waals surface area contributed by atoms with Crippen LogP contribution in [0, 0.1) is 5.82 Å². The first kappa shape index (κ1) is 18.5. The van der Waals surface area contributed by atoms with E-state index in [1.54, 1.807) is 48.2 Å². The lowest BCUT2D eigenvalue weighted by Crippen LogP contribution is -2.12. The zero-order valence-electron chi connectivity index (χ0n) is 15.6. The van der Waals surface area contributed by atoms with E-state index in [1.807, 2.05) is 30.3 Å². The van der Waals surface area contributed by atoms with Crippen LogP contribution in [0.1, 0.15) is 16.4 Å². The van der Waals surface area contributed by atoms with E-state index in [0.717, 1.165) is 16.1 Å². The molecule has 0 saturated carbocycles. The molecule has 0 aliphatic carbocycles. The number of benzene rings is 3. The van der Waals surface area contributed by atoms with Crippen molar-refractivity contribution in [3.05, 3.63) is 106 Å². The number of anilines is 1. The highest BCUT2D eigenvalue weighted by atomic mass is 32.2. The summed E-state index contributed by atoms with van der Waals surface area (Å²) in [5.41, 5.74) is 1.89. The summed E-state index contributed by atoms with van der Waals surface area (Å²) < 4.78 is 18.9. The molecular weight excluding hydrogens is 401 g/mol. The van der Waals surface area contributed by atoms with Crippen molar-refractivity contribution in [2.45, 2.75) is 10.1 Å². The number of thioether (sulfide) groups is 1. The third kappa shape index (κ3) is 3.25. The quantitative estimate of drug-likeness (QED) is 0.395. The molecule has 5 rings (SSSR count). The van der Waals surface area contributed by atoms with Crippen LogP contribution in [-0.2, 0) is 0 Å². The molecule has 2 heterocycles. The maximum absolute atomic E-state index is 13.4. The number of hydrogen-bond donors (Lipinski definition) is 2. The molecule has 30 heavy (non-hydrogen) atoms. The van der Waals surface area contributed by atoms with Crippen molar-refractivity contribution < 1.29 is 13.9 Å². The average molecular weight is 417 g/mol. The van der Waals surface area contributed by atoms with Crippen LogP contribution < -0.4 is 10.9 Å². The van der Waals surface area contributed by atoms with Gasteiger partial charge in [-0.25, -0.2) is 9.18 Å². The Hall–Kier alpha value is -3.51. The van der Waals surface area contributed by atoms with E-state index in [-0.39, 0.29) is 22.4 Å². The van der Waals surface area contributed by atoms with Gasteiger partial charge in [-0.15, -0.1) is 11.8 Å².